The molecule has 0 bridgehead atoms. The van der Waals surface area contributed by atoms with Gasteiger partial charge in [-0.25, -0.2) is 0 Å². The first-order valence-electron chi connectivity index (χ1n) is 14.6. The van der Waals surface area contributed by atoms with E-state index in [2.05, 4.69) is 110 Å². The van der Waals surface area contributed by atoms with Gasteiger partial charge >= 0.3 is 0 Å². The summed E-state index contributed by atoms with van der Waals surface area (Å²) in [6.07, 6.45) is 1.95. The number of hydrogen-bond acceptors (Lipinski definition) is 3. The molecule has 3 heterocycles. The zero-order chi connectivity index (χ0) is 29.7. The monoisotopic (exact) mass is 769 g/mol. The quantitative estimate of drug-likeness (QED) is 0.144. The molecule has 0 saturated heterocycles. The minimum absolute atomic E-state index is 0. The third-order valence-corrected chi connectivity index (χ3v) is 11.8. The molecule has 0 atom stereocenters. The number of aromatic nitrogens is 3. The fourth-order valence-corrected chi connectivity index (χ4v) is 8.35. The fraction of sp³-hybridized carbons (Fsp3) is 0.105. The number of nitrogens with zero attached hydrogens (tertiary/aromatic N) is 3. The van der Waals surface area contributed by atoms with Gasteiger partial charge in [0.05, 0.1) is 11.2 Å². The standard InChI is InChI=1S/C38H32N3OSi.Pt/c1-25-11-9-12-26(2)37(25)28-21-22-39-36(24-28)43(3,4)29-14-10-13-27(23-29)32-20-19-31-30-15-5-6-16-33(30)41(38(31)40-32)34-17-7-8-18-35(34)42;/h5-22,24,42H,1-4H3;/q-1;. The third kappa shape index (κ3) is 5.00. The second-order valence-corrected chi connectivity index (χ2v) is 16.0. The van der Waals surface area contributed by atoms with Crippen LogP contribution in [-0.4, -0.2) is 27.7 Å². The van der Waals surface area contributed by atoms with Crippen LogP contribution in [0.4, 0.5) is 0 Å². The van der Waals surface area contributed by atoms with Crippen molar-refractivity contribution in [1.82, 2.24) is 14.5 Å². The molecule has 6 heteroatoms. The SMILES string of the molecule is Cc1cccc(C)c1-c1ccnc([Si](C)(C)c2[c-]c(-c3ccc4c5ccccc5n(-c5ccccc5O)c4n3)ccc2)c1.[Pt]. The number of benzene rings is 4. The summed E-state index contributed by atoms with van der Waals surface area (Å²) in [5, 5.41) is 15.2. The summed E-state index contributed by atoms with van der Waals surface area (Å²) in [5.74, 6) is 0.217. The van der Waals surface area contributed by atoms with Gasteiger partial charge in [0.1, 0.15) is 19.5 Å². The molecule has 1 N–H and O–H groups in total. The van der Waals surface area contributed by atoms with Crippen molar-refractivity contribution in [2.75, 3.05) is 0 Å². The van der Waals surface area contributed by atoms with Crippen LogP contribution in [0.1, 0.15) is 11.1 Å². The zero-order valence-corrected chi connectivity index (χ0v) is 28.3. The Hall–Kier alpha value is -4.31. The average Bonchev–Trinajstić information content (AvgIpc) is 3.35. The maximum absolute atomic E-state index is 10.8. The second kappa shape index (κ2) is 11.6. The summed E-state index contributed by atoms with van der Waals surface area (Å²) >= 11 is 0. The maximum Gasteiger partial charge on any atom is 0.139 e. The molecule has 0 fully saturated rings. The number of para-hydroxylation sites is 3. The molecule has 0 radical (unpaired) electrons. The van der Waals surface area contributed by atoms with Crippen LogP contribution in [0.15, 0.2) is 115 Å². The Kier molecular flexibility index (Phi) is 7.87. The molecule has 0 aliphatic rings. The minimum Gasteiger partial charge on any atom is -0.506 e. The van der Waals surface area contributed by atoms with E-state index in [1.165, 1.54) is 27.4 Å². The van der Waals surface area contributed by atoms with E-state index in [4.69, 9.17) is 9.97 Å². The van der Waals surface area contributed by atoms with Gasteiger partial charge in [0, 0.05) is 43.4 Å². The Bertz CT molecular complexity index is 2150. The zero-order valence-electron chi connectivity index (χ0n) is 25.1. The van der Waals surface area contributed by atoms with Crippen LogP contribution in [0.3, 0.4) is 0 Å². The summed E-state index contributed by atoms with van der Waals surface area (Å²) in [6.45, 7) is 9.02. The van der Waals surface area contributed by atoms with Crippen LogP contribution >= 0.6 is 0 Å². The van der Waals surface area contributed by atoms with Gasteiger partial charge < -0.3 is 5.11 Å². The van der Waals surface area contributed by atoms with Gasteiger partial charge in [-0.1, -0.05) is 73.8 Å². The molecule has 7 rings (SSSR count). The predicted molar refractivity (Wildman–Crippen MR) is 180 cm³/mol. The summed E-state index contributed by atoms with van der Waals surface area (Å²) in [5.41, 5.74) is 9.34. The van der Waals surface area contributed by atoms with Crippen molar-refractivity contribution < 1.29 is 26.2 Å². The molecule has 0 aliphatic carbocycles. The van der Waals surface area contributed by atoms with Gasteiger partial charge in [0.15, 0.2) is 0 Å². The van der Waals surface area contributed by atoms with E-state index in [9.17, 15) is 5.11 Å². The number of rotatable bonds is 5. The van der Waals surface area contributed by atoms with Crippen LogP contribution in [-0.2, 0) is 21.1 Å². The largest absolute Gasteiger partial charge is 0.506 e. The Morgan fingerprint density at radius 1 is 0.750 bits per heavy atom. The van der Waals surface area contributed by atoms with Gasteiger partial charge in [-0.3, -0.25) is 14.5 Å². The molecule has 0 amide bonds. The summed E-state index contributed by atoms with van der Waals surface area (Å²) in [7, 11) is -2.20. The molecule has 220 valence electrons. The Balaban J connectivity index is 0.00000343. The fourth-order valence-electron chi connectivity index (χ4n) is 6.21. The maximum atomic E-state index is 10.8. The summed E-state index contributed by atoms with van der Waals surface area (Å²) in [6, 6.07) is 40.8. The van der Waals surface area contributed by atoms with Gasteiger partial charge in [-0.2, -0.15) is 0 Å². The normalized spacial score (nSPS) is 11.5. The number of phenolic OH excluding ortho intramolecular Hbond substituents is 1. The molecule has 0 spiro atoms. The van der Waals surface area contributed by atoms with Gasteiger partial charge in [0.25, 0.3) is 0 Å². The van der Waals surface area contributed by atoms with Crippen molar-refractivity contribution in [1.29, 1.82) is 0 Å². The van der Waals surface area contributed by atoms with Crippen molar-refractivity contribution in [3.05, 3.63) is 133 Å². The number of hydrogen-bond donors (Lipinski definition) is 1. The van der Waals surface area contributed by atoms with Crippen LogP contribution in [0.25, 0.3) is 50.0 Å². The topological polar surface area (TPSA) is 50.9 Å². The van der Waals surface area contributed by atoms with Crippen molar-refractivity contribution >= 4 is 40.5 Å². The molecule has 44 heavy (non-hydrogen) atoms. The van der Waals surface area contributed by atoms with E-state index in [0.29, 0.717) is 5.69 Å². The van der Waals surface area contributed by atoms with E-state index in [1.807, 2.05) is 36.5 Å². The second-order valence-electron chi connectivity index (χ2n) is 11.7. The Morgan fingerprint density at radius 3 is 2.27 bits per heavy atom. The first kappa shape index (κ1) is 29.7. The molecule has 0 saturated carbocycles. The van der Waals surface area contributed by atoms with Crippen molar-refractivity contribution in [3.63, 3.8) is 0 Å². The van der Waals surface area contributed by atoms with E-state index in [1.54, 1.807) is 6.07 Å². The van der Waals surface area contributed by atoms with E-state index < -0.39 is 8.07 Å². The van der Waals surface area contributed by atoms with Gasteiger partial charge in [0.2, 0.25) is 0 Å². The van der Waals surface area contributed by atoms with E-state index >= 15 is 0 Å². The average molecular weight is 770 g/mol. The molecular formula is C38H32N3OPtSi-. The van der Waals surface area contributed by atoms with Crippen molar-refractivity contribution in [3.8, 4) is 33.8 Å². The van der Waals surface area contributed by atoms with E-state index in [-0.39, 0.29) is 26.8 Å². The number of phenols is 1. The Labute approximate surface area is 273 Å². The number of fused-ring (bicyclic) bond motifs is 3. The van der Waals surface area contributed by atoms with Crippen molar-refractivity contribution in [2.24, 2.45) is 0 Å². The van der Waals surface area contributed by atoms with E-state index in [0.717, 1.165) is 38.5 Å². The third-order valence-electron chi connectivity index (χ3n) is 8.56. The number of aryl methyl sites for hydroxylation is 2. The first-order chi connectivity index (χ1) is 20.8. The van der Waals surface area contributed by atoms with Crippen LogP contribution in [0, 0.1) is 19.9 Å². The first-order valence-corrected chi connectivity index (χ1v) is 17.6. The molecule has 0 aliphatic heterocycles. The molecule has 7 aromatic rings. The van der Waals surface area contributed by atoms with Crippen LogP contribution in [0.2, 0.25) is 13.1 Å². The molecule has 4 aromatic carbocycles. The summed E-state index contributed by atoms with van der Waals surface area (Å²) in [4.78, 5) is 10.1. The summed E-state index contributed by atoms with van der Waals surface area (Å²) < 4.78 is 2.05. The van der Waals surface area contributed by atoms with Crippen molar-refractivity contribution in [2.45, 2.75) is 26.9 Å². The molecule has 3 aromatic heterocycles. The molecule has 0 unspecified atom stereocenters. The predicted octanol–water partition coefficient (Wildman–Crippen LogP) is 7.85. The smallest absolute Gasteiger partial charge is 0.139 e. The Morgan fingerprint density at radius 2 is 1.48 bits per heavy atom. The van der Waals surface area contributed by atoms with Crippen LogP contribution in [0.5, 0.6) is 5.75 Å². The van der Waals surface area contributed by atoms with Gasteiger partial charge in [-0.05, 0) is 72.1 Å². The number of aromatic hydroxyl groups is 1. The molecule has 4 nitrogen and oxygen atoms in total. The molecular weight excluding hydrogens is 738 g/mol. The number of pyridine rings is 2. The van der Waals surface area contributed by atoms with Gasteiger partial charge in [-0.15, -0.1) is 35.0 Å². The van der Waals surface area contributed by atoms with Crippen LogP contribution < -0.4 is 10.5 Å². The minimum atomic E-state index is -2.20.